The number of hydrogen-bond donors (Lipinski definition) is 2. The predicted octanol–water partition coefficient (Wildman–Crippen LogP) is 3.32. The van der Waals surface area contributed by atoms with Crippen molar-refractivity contribution in [3.05, 3.63) is 28.2 Å². The second-order valence-corrected chi connectivity index (χ2v) is 5.52. The number of carbonyl (C=O) groups is 2. The van der Waals surface area contributed by atoms with E-state index in [-0.39, 0.29) is 12.6 Å². The molecule has 0 aromatic heterocycles. The second-order valence-electron chi connectivity index (χ2n) is 4.68. The van der Waals surface area contributed by atoms with Gasteiger partial charge in [0.15, 0.2) is 0 Å². The number of halogens is 2. The number of urea groups is 1. The Morgan fingerprint density at radius 3 is 2.75 bits per heavy atom. The molecule has 20 heavy (non-hydrogen) atoms. The van der Waals surface area contributed by atoms with Gasteiger partial charge in [-0.1, -0.05) is 23.2 Å². The van der Waals surface area contributed by atoms with Crippen molar-refractivity contribution in [3.63, 3.8) is 0 Å². The summed E-state index contributed by atoms with van der Waals surface area (Å²) in [5.41, 5.74) is 0.457. The summed E-state index contributed by atoms with van der Waals surface area (Å²) in [6.45, 7) is 0.757. The molecule has 0 aliphatic carbocycles. The van der Waals surface area contributed by atoms with Crippen molar-refractivity contribution >= 4 is 40.9 Å². The van der Waals surface area contributed by atoms with Gasteiger partial charge in [0.05, 0.1) is 16.6 Å². The van der Waals surface area contributed by atoms with Crippen LogP contribution in [0.2, 0.25) is 10.0 Å². The van der Waals surface area contributed by atoms with Gasteiger partial charge in [0.2, 0.25) is 0 Å². The van der Waals surface area contributed by atoms with Crippen LogP contribution in [0.5, 0.6) is 0 Å². The molecular weight excluding hydrogens is 303 g/mol. The number of nitrogens with zero attached hydrogens (tertiary/aromatic N) is 1. The normalized spacial score (nSPS) is 18.7. The van der Waals surface area contributed by atoms with E-state index in [1.165, 1.54) is 11.0 Å². The third kappa shape index (κ3) is 3.55. The summed E-state index contributed by atoms with van der Waals surface area (Å²) in [6.07, 6.45) is 1.28. The molecule has 2 N–H and O–H groups in total. The van der Waals surface area contributed by atoms with Gasteiger partial charge in [-0.15, -0.1) is 0 Å². The maximum Gasteiger partial charge on any atom is 0.321 e. The molecule has 1 aromatic rings. The lowest BCUT2D eigenvalue weighted by Gasteiger charge is -2.30. The number of benzene rings is 1. The first-order valence-corrected chi connectivity index (χ1v) is 6.97. The van der Waals surface area contributed by atoms with Crippen LogP contribution in [0.15, 0.2) is 18.2 Å². The zero-order valence-corrected chi connectivity index (χ0v) is 12.1. The summed E-state index contributed by atoms with van der Waals surface area (Å²) < 4.78 is 0. The monoisotopic (exact) mass is 316 g/mol. The quantitative estimate of drug-likeness (QED) is 0.879. The van der Waals surface area contributed by atoms with E-state index in [9.17, 15) is 9.59 Å². The topological polar surface area (TPSA) is 69.6 Å². The minimum atomic E-state index is -0.868. The van der Waals surface area contributed by atoms with Gasteiger partial charge in [-0.2, -0.15) is 0 Å². The summed E-state index contributed by atoms with van der Waals surface area (Å²) in [4.78, 5) is 24.6. The third-order valence-corrected chi connectivity index (χ3v) is 3.78. The van der Waals surface area contributed by atoms with Gasteiger partial charge < -0.3 is 15.3 Å². The van der Waals surface area contributed by atoms with Crippen LogP contribution >= 0.6 is 23.2 Å². The van der Waals surface area contributed by atoms with E-state index in [4.69, 9.17) is 28.3 Å². The van der Waals surface area contributed by atoms with Crippen LogP contribution in [-0.4, -0.2) is 35.1 Å². The average Bonchev–Trinajstić information content (AvgIpc) is 2.42. The molecule has 0 unspecified atom stereocenters. The van der Waals surface area contributed by atoms with Crippen LogP contribution in [0.1, 0.15) is 12.8 Å². The van der Waals surface area contributed by atoms with E-state index in [2.05, 4.69) is 5.32 Å². The highest BCUT2D eigenvalue weighted by atomic mass is 35.5. The van der Waals surface area contributed by atoms with Crippen molar-refractivity contribution in [2.45, 2.75) is 12.8 Å². The van der Waals surface area contributed by atoms with Crippen LogP contribution < -0.4 is 5.32 Å². The lowest BCUT2D eigenvalue weighted by atomic mass is 9.99. The van der Waals surface area contributed by atoms with Crippen molar-refractivity contribution in [1.82, 2.24) is 4.90 Å². The van der Waals surface area contributed by atoms with E-state index in [1.807, 2.05) is 0 Å². The van der Waals surface area contributed by atoms with Crippen LogP contribution in [0.25, 0.3) is 0 Å². The van der Waals surface area contributed by atoms with E-state index in [0.29, 0.717) is 35.1 Å². The molecule has 1 heterocycles. The minimum Gasteiger partial charge on any atom is -0.481 e. The Hall–Kier alpha value is -1.46. The number of likely N-dealkylation sites (tertiary alicyclic amines) is 1. The number of carbonyl (C=O) groups excluding carboxylic acids is 1. The number of piperidine rings is 1. The maximum atomic E-state index is 12.1. The number of carboxylic acids is 1. The third-order valence-electron chi connectivity index (χ3n) is 3.23. The number of carboxylic acid groups (broad SMARTS) is 1. The Labute approximate surface area is 126 Å². The number of rotatable bonds is 2. The van der Waals surface area contributed by atoms with Gasteiger partial charge in [0, 0.05) is 18.1 Å². The summed E-state index contributed by atoms with van der Waals surface area (Å²) in [5, 5.41) is 12.5. The molecular formula is C13H14Cl2N2O3. The lowest BCUT2D eigenvalue weighted by Crippen LogP contribution is -2.44. The van der Waals surface area contributed by atoms with E-state index in [0.717, 1.165) is 0 Å². The number of amides is 2. The fourth-order valence-electron chi connectivity index (χ4n) is 2.15. The van der Waals surface area contributed by atoms with Crippen LogP contribution in [-0.2, 0) is 4.79 Å². The van der Waals surface area contributed by atoms with Gasteiger partial charge in [-0.25, -0.2) is 4.79 Å². The van der Waals surface area contributed by atoms with Gasteiger partial charge >= 0.3 is 12.0 Å². The molecule has 0 saturated carbocycles. The highest BCUT2D eigenvalue weighted by molar-refractivity contribution is 6.36. The van der Waals surface area contributed by atoms with Gasteiger partial charge in [-0.3, -0.25) is 4.79 Å². The number of nitrogens with one attached hydrogen (secondary N) is 1. The lowest BCUT2D eigenvalue weighted by molar-refractivity contribution is -0.143. The Morgan fingerprint density at radius 1 is 1.35 bits per heavy atom. The highest BCUT2D eigenvalue weighted by Crippen LogP contribution is 2.26. The molecule has 1 saturated heterocycles. The summed E-state index contributed by atoms with van der Waals surface area (Å²) >= 11 is 11.8. The first kappa shape index (κ1) is 14.9. The zero-order chi connectivity index (χ0) is 14.7. The van der Waals surface area contributed by atoms with Crippen molar-refractivity contribution in [3.8, 4) is 0 Å². The second kappa shape index (κ2) is 6.33. The summed E-state index contributed by atoms with van der Waals surface area (Å²) in [5.74, 6) is -1.37. The molecule has 1 aliphatic rings. The Bertz CT molecular complexity index is 536. The summed E-state index contributed by atoms with van der Waals surface area (Å²) in [6, 6.07) is 4.43. The molecule has 1 aromatic carbocycles. The van der Waals surface area contributed by atoms with E-state index >= 15 is 0 Å². The molecule has 2 amide bonds. The Balaban J connectivity index is 2.02. The zero-order valence-electron chi connectivity index (χ0n) is 10.6. The number of hydrogen-bond acceptors (Lipinski definition) is 2. The maximum absolute atomic E-state index is 12.1. The molecule has 7 heteroatoms. The average molecular weight is 317 g/mol. The molecule has 5 nitrogen and oxygen atoms in total. The van der Waals surface area contributed by atoms with Crippen LogP contribution in [0, 0.1) is 5.92 Å². The van der Waals surface area contributed by atoms with Crippen molar-refractivity contribution in [2.24, 2.45) is 5.92 Å². The molecule has 1 fully saturated rings. The van der Waals surface area contributed by atoms with Gasteiger partial charge in [-0.05, 0) is 31.0 Å². The standard InChI is InChI=1S/C13H14Cl2N2O3/c14-9-3-4-11(10(15)6-9)16-13(20)17-5-1-2-8(7-17)12(18)19/h3-4,6,8H,1-2,5,7H2,(H,16,20)(H,18,19)/t8-/m0/s1. The molecule has 2 rings (SSSR count). The molecule has 0 spiro atoms. The molecule has 1 atom stereocenters. The fourth-order valence-corrected chi connectivity index (χ4v) is 2.60. The van der Waals surface area contributed by atoms with Crippen LogP contribution in [0.4, 0.5) is 10.5 Å². The number of aliphatic carboxylic acids is 1. The Morgan fingerprint density at radius 2 is 2.10 bits per heavy atom. The SMILES string of the molecule is O=C(O)[C@H]1CCCN(C(=O)Nc2ccc(Cl)cc2Cl)C1. The van der Waals surface area contributed by atoms with Crippen molar-refractivity contribution < 1.29 is 14.7 Å². The van der Waals surface area contributed by atoms with Crippen molar-refractivity contribution in [1.29, 1.82) is 0 Å². The summed E-state index contributed by atoms with van der Waals surface area (Å²) in [7, 11) is 0. The highest BCUT2D eigenvalue weighted by Gasteiger charge is 2.28. The fraction of sp³-hybridized carbons (Fsp3) is 0.385. The van der Waals surface area contributed by atoms with Crippen molar-refractivity contribution in [2.75, 3.05) is 18.4 Å². The van der Waals surface area contributed by atoms with E-state index < -0.39 is 11.9 Å². The number of anilines is 1. The largest absolute Gasteiger partial charge is 0.481 e. The van der Waals surface area contributed by atoms with Gasteiger partial charge in [0.1, 0.15) is 0 Å². The van der Waals surface area contributed by atoms with Gasteiger partial charge in [0.25, 0.3) is 0 Å². The minimum absolute atomic E-state index is 0.215. The molecule has 0 bridgehead atoms. The first-order valence-electron chi connectivity index (χ1n) is 6.21. The molecule has 0 radical (unpaired) electrons. The Kier molecular flexibility index (Phi) is 4.73. The van der Waals surface area contributed by atoms with Crippen LogP contribution in [0.3, 0.4) is 0 Å². The predicted molar refractivity (Wildman–Crippen MR) is 77.4 cm³/mol. The smallest absolute Gasteiger partial charge is 0.321 e. The first-order chi connectivity index (χ1) is 9.47. The molecule has 1 aliphatic heterocycles. The molecule has 108 valence electrons. The van der Waals surface area contributed by atoms with E-state index in [1.54, 1.807) is 12.1 Å².